The SMILES string of the molecule is Nc1ccn([C@]2(C(=O)OCc3ccccc3)O[C@H](CO)[C@@H](O)[C@H]2O)c(=O)n1. The molecule has 1 aromatic carbocycles. The molecule has 4 atom stereocenters. The van der Waals surface area contributed by atoms with Gasteiger partial charge in [0.25, 0.3) is 5.72 Å². The lowest BCUT2D eigenvalue weighted by Crippen LogP contribution is -2.56. The summed E-state index contributed by atoms with van der Waals surface area (Å²) in [4.78, 5) is 28.7. The molecule has 144 valence electrons. The summed E-state index contributed by atoms with van der Waals surface area (Å²) in [6.45, 7) is -0.850. The molecule has 10 heteroatoms. The smallest absolute Gasteiger partial charge is 0.363 e. The summed E-state index contributed by atoms with van der Waals surface area (Å²) in [5.74, 6) is -1.22. The Kier molecular flexibility index (Phi) is 5.24. The second kappa shape index (κ2) is 7.45. The van der Waals surface area contributed by atoms with Crippen LogP contribution < -0.4 is 11.4 Å². The van der Waals surface area contributed by atoms with Crippen molar-refractivity contribution >= 4 is 11.8 Å². The van der Waals surface area contributed by atoms with Gasteiger partial charge in [0.2, 0.25) is 0 Å². The minimum absolute atomic E-state index is 0.101. The summed E-state index contributed by atoms with van der Waals surface area (Å²) in [7, 11) is 0. The van der Waals surface area contributed by atoms with E-state index in [9.17, 15) is 24.9 Å². The van der Waals surface area contributed by atoms with Gasteiger partial charge in [-0.3, -0.25) is 4.57 Å². The third-order valence-corrected chi connectivity index (χ3v) is 4.30. The largest absolute Gasteiger partial charge is 0.457 e. The van der Waals surface area contributed by atoms with Crippen molar-refractivity contribution in [3.05, 3.63) is 58.6 Å². The molecule has 1 aliphatic heterocycles. The Balaban J connectivity index is 2.00. The molecule has 5 N–H and O–H groups in total. The van der Waals surface area contributed by atoms with Crippen LogP contribution in [0.3, 0.4) is 0 Å². The van der Waals surface area contributed by atoms with E-state index in [0.29, 0.717) is 10.1 Å². The number of aromatic nitrogens is 2. The highest BCUT2D eigenvalue weighted by molar-refractivity contribution is 5.78. The van der Waals surface area contributed by atoms with E-state index < -0.39 is 42.3 Å². The number of nitrogens with two attached hydrogens (primary N) is 1. The van der Waals surface area contributed by atoms with Gasteiger partial charge in [0.05, 0.1) is 6.61 Å². The number of benzene rings is 1. The summed E-state index contributed by atoms with van der Waals surface area (Å²) in [5, 5.41) is 30.0. The van der Waals surface area contributed by atoms with Crippen LogP contribution in [0.1, 0.15) is 5.56 Å². The monoisotopic (exact) mass is 377 g/mol. The predicted octanol–water partition coefficient (Wildman–Crippen LogP) is -1.67. The predicted molar refractivity (Wildman–Crippen MR) is 91.1 cm³/mol. The number of carbonyl (C=O) groups is 1. The Bertz CT molecular complexity index is 872. The third kappa shape index (κ3) is 3.30. The lowest BCUT2D eigenvalue weighted by atomic mass is 10.0. The number of carbonyl (C=O) groups excluding carboxylic acids is 1. The number of hydrogen-bond donors (Lipinski definition) is 4. The first-order chi connectivity index (χ1) is 12.9. The molecule has 10 nitrogen and oxygen atoms in total. The van der Waals surface area contributed by atoms with E-state index in [4.69, 9.17) is 15.2 Å². The van der Waals surface area contributed by atoms with Crippen LogP contribution >= 0.6 is 0 Å². The van der Waals surface area contributed by atoms with Crippen molar-refractivity contribution in [3.8, 4) is 0 Å². The van der Waals surface area contributed by atoms with Crippen LogP contribution in [0.2, 0.25) is 0 Å². The fourth-order valence-corrected chi connectivity index (χ4v) is 2.91. The normalized spacial score (nSPS) is 27.4. The average molecular weight is 377 g/mol. The van der Waals surface area contributed by atoms with Gasteiger partial charge in [-0.1, -0.05) is 30.3 Å². The van der Waals surface area contributed by atoms with E-state index in [1.54, 1.807) is 30.3 Å². The molecule has 0 amide bonds. The Hall–Kier alpha value is -2.79. The van der Waals surface area contributed by atoms with Crippen LogP contribution in [0.15, 0.2) is 47.4 Å². The van der Waals surface area contributed by atoms with Gasteiger partial charge in [-0.2, -0.15) is 4.98 Å². The summed E-state index contributed by atoms with van der Waals surface area (Å²) in [6.07, 6.45) is -3.73. The number of nitrogens with zero attached hydrogens (tertiary/aromatic N) is 2. The molecule has 0 bridgehead atoms. The summed E-state index contributed by atoms with van der Waals surface area (Å²) in [5.41, 5.74) is 2.72. The van der Waals surface area contributed by atoms with Crippen molar-refractivity contribution in [1.82, 2.24) is 9.55 Å². The van der Waals surface area contributed by atoms with Gasteiger partial charge < -0.3 is 30.5 Å². The van der Waals surface area contributed by atoms with Crippen molar-refractivity contribution in [2.75, 3.05) is 12.3 Å². The number of aliphatic hydroxyl groups is 3. The number of rotatable bonds is 5. The lowest BCUT2D eigenvalue weighted by Gasteiger charge is -2.31. The van der Waals surface area contributed by atoms with E-state index in [1.165, 1.54) is 6.07 Å². The maximum absolute atomic E-state index is 12.9. The van der Waals surface area contributed by atoms with Crippen LogP contribution in [0.25, 0.3) is 0 Å². The van der Waals surface area contributed by atoms with Crippen LogP contribution in [-0.2, 0) is 26.6 Å². The number of nitrogen functional groups attached to an aromatic ring is 1. The summed E-state index contributed by atoms with van der Waals surface area (Å²) < 4.78 is 11.4. The molecule has 0 aliphatic carbocycles. The van der Waals surface area contributed by atoms with Crippen LogP contribution in [0.5, 0.6) is 0 Å². The fourth-order valence-electron chi connectivity index (χ4n) is 2.91. The van der Waals surface area contributed by atoms with Gasteiger partial charge in [-0.15, -0.1) is 0 Å². The van der Waals surface area contributed by atoms with Crippen molar-refractivity contribution in [3.63, 3.8) is 0 Å². The lowest BCUT2D eigenvalue weighted by molar-refractivity contribution is -0.203. The van der Waals surface area contributed by atoms with Crippen LogP contribution in [0, 0.1) is 0 Å². The van der Waals surface area contributed by atoms with E-state index in [2.05, 4.69) is 4.98 Å². The maximum atomic E-state index is 12.9. The molecule has 1 aromatic heterocycles. The van der Waals surface area contributed by atoms with Gasteiger partial charge in [0, 0.05) is 6.20 Å². The Morgan fingerprint density at radius 2 is 2.00 bits per heavy atom. The van der Waals surface area contributed by atoms with Crippen molar-refractivity contribution in [2.45, 2.75) is 30.6 Å². The van der Waals surface area contributed by atoms with Crippen molar-refractivity contribution in [1.29, 1.82) is 0 Å². The van der Waals surface area contributed by atoms with Crippen molar-refractivity contribution in [2.24, 2.45) is 0 Å². The fraction of sp³-hybridized carbons (Fsp3) is 0.353. The van der Waals surface area contributed by atoms with Crippen molar-refractivity contribution < 1.29 is 29.6 Å². The maximum Gasteiger partial charge on any atom is 0.363 e. The van der Waals surface area contributed by atoms with Gasteiger partial charge in [0.1, 0.15) is 30.7 Å². The Labute approximate surface area is 153 Å². The van der Waals surface area contributed by atoms with E-state index in [0.717, 1.165) is 6.20 Å². The molecule has 1 aliphatic rings. The quantitative estimate of drug-likeness (QED) is 0.447. The third-order valence-electron chi connectivity index (χ3n) is 4.30. The molecular formula is C17H19N3O7. The number of ether oxygens (including phenoxy) is 2. The van der Waals surface area contributed by atoms with E-state index >= 15 is 0 Å². The first-order valence-electron chi connectivity index (χ1n) is 8.11. The minimum atomic E-state index is -2.42. The molecule has 27 heavy (non-hydrogen) atoms. The molecule has 0 saturated carbocycles. The molecule has 0 radical (unpaired) electrons. The molecule has 0 unspecified atom stereocenters. The number of hydrogen-bond acceptors (Lipinski definition) is 9. The molecule has 1 saturated heterocycles. The topological polar surface area (TPSA) is 157 Å². The first-order valence-corrected chi connectivity index (χ1v) is 8.11. The zero-order chi connectivity index (χ0) is 19.6. The zero-order valence-corrected chi connectivity index (χ0v) is 14.1. The van der Waals surface area contributed by atoms with Gasteiger partial charge in [-0.25, -0.2) is 9.59 Å². The van der Waals surface area contributed by atoms with Crippen LogP contribution in [0.4, 0.5) is 5.82 Å². The molecule has 2 aromatic rings. The zero-order valence-electron chi connectivity index (χ0n) is 14.1. The minimum Gasteiger partial charge on any atom is -0.457 e. The Morgan fingerprint density at radius 3 is 2.59 bits per heavy atom. The van der Waals surface area contributed by atoms with Gasteiger partial charge in [0.15, 0.2) is 0 Å². The first kappa shape index (κ1) is 19.0. The standard InChI is InChI=1S/C17H19N3O7/c18-12-6-7-20(16(25)19-12)17(14(23)13(22)11(8-21)27-17)15(24)26-9-10-4-2-1-3-5-10/h1-7,11,13-14,21-23H,8-9H2,(H2,18,19,25)/t11-,13-,14-,17+/m1/s1. The van der Waals surface area contributed by atoms with Gasteiger partial charge in [-0.05, 0) is 11.6 Å². The van der Waals surface area contributed by atoms with Crippen LogP contribution in [-0.4, -0.2) is 55.8 Å². The number of aliphatic hydroxyl groups excluding tert-OH is 3. The molecule has 3 rings (SSSR count). The number of esters is 1. The summed E-state index contributed by atoms with van der Waals surface area (Å²) >= 11 is 0. The average Bonchev–Trinajstić information content (AvgIpc) is 2.92. The second-order valence-corrected chi connectivity index (χ2v) is 6.04. The highest BCUT2D eigenvalue weighted by Crippen LogP contribution is 2.36. The highest BCUT2D eigenvalue weighted by atomic mass is 16.6. The molecule has 1 fully saturated rings. The second-order valence-electron chi connectivity index (χ2n) is 6.04. The molecule has 0 spiro atoms. The molecular weight excluding hydrogens is 358 g/mol. The van der Waals surface area contributed by atoms with Gasteiger partial charge >= 0.3 is 11.7 Å². The summed E-state index contributed by atoms with van der Waals surface area (Å²) in [6, 6.07) is 9.95. The van der Waals surface area contributed by atoms with E-state index in [1.807, 2.05) is 0 Å². The highest BCUT2D eigenvalue weighted by Gasteiger charge is 2.62. The number of anilines is 1. The molecule has 2 heterocycles. The van der Waals surface area contributed by atoms with E-state index in [-0.39, 0.29) is 12.4 Å². The Morgan fingerprint density at radius 1 is 1.30 bits per heavy atom.